The topological polar surface area (TPSA) is 43.9 Å². The zero-order chi connectivity index (χ0) is 19.1. The van der Waals surface area contributed by atoms with Crippen molar-refractivity contribution in [3.63, 3.8) is 0 Å². The lowest BCUT2D eigenvalue weighted by molar-refractivity contribution is -0.138. The van der Waals surface area contributed by atoms with E-state index in [0.717, 1.165) is 17.7 Å². The standard InChI is InChI=1S/C18H22F3N3O2/c1-22-11-16(25)23(2)15-7-8-24(10-14(15)17(22)26)9-12-3-5-13(6-4-12)18(19,20)21/h3-6,14-15H,7-11H2,1-2H3/t14-,15+/m0/s1. The molecule has 0 bridgehead atoms. The van der Waals surface area contributed by atoms with Crippen LogP contribution in [0.1, 0.15) is 17.5 Å². The van der Waals surface area contributed by atoms with Crippen LogP contribution in [0.2, 0.25) is 0 Å². The number of hydrogen-bond acceptors (Lipinski definition) is 3. The van der Waals surface area contributed by atoms with Gasteiger partial charge in [0.2, 0.25) is 11.8 Å². The van der Waals surface area contributed by atoms with Crippen LogP contribution in [0, 0.1) is 5.92 Å². The molecule has 2 heterocycles. The fourth-order valence-corrected chi connectivity index (χ4v) is 3.77. The van der Waals surface area contributed by atoms with Crippen LogP contribution in [0.5, 0.6) is 0 Å². The van der Waals surface area contributed by atoms with E-state index in [1.807, 2.05) is 0 Å². The first-order valence-electron chi connectivity index (χ1n) is 8.56. The maximum Gasteiger partial charge on any atom is 0.416 e. The summed E-state index contributed by atoms with van der Waals surface area (Å²) in [6.07, 6.45) is -3.67. The first-order chi connectivity index (χ1) is 12.2. The van der Waals surface area contributed by atoms with Gasteiger partial charge in [0.25, 0.3) is 0 Å². The van der Waals surface area contributed by atoms with Gasteiger partial charge in [0.05, 0.1) is 18.0 Å². The van der Waals surface area contributed by atoms with E-state index in [2.05, 4.69) is 4.90 Å². The van der Waals surface area contributed by atoms with Crippen molar-refractivity contribution in [2.24, 2.45) is 5.92 Å². The van der Waals surface area contributed by atoms with Gasteiger partial charge in [0.15, 0.2) is 0 Å². The monoisotopic (exact) mass is 369 g/mol. The second-order valence-electron chi connectivity index (χ2n) is 7.09. The van der Waals surface area contributed by atoms with Gasteiger partial charge in [-0.3, -0.25) is 14.5 Å². The third kappa shape index (κ3) is 3.70. The lowest BCUT2D eigenvalue weighted by Crippen LogP contribution is -2.52. The molecular weight excluding hydrogens is 347 g/mol. The third-order valence-electron chi connectivity index (χ3n) is 5.30. The summed E-state index contributed by atoms with van der Waals surface area (Å²) in [4.78, 5) is 30.0. The van der Waals surface area contributed by atoms with E-state index in [1.165, 1.54) is 17.0 Å². The highest BCUT2D eigenvalue weighted by atomic mass is 19.4. The fourth-order valence-electron chi connectivity index (χ4n) is 3.77. The number of halogens is 3. The quantitative estimate of drug-likeness (QED) is 0.799. The summed E-state index contributed by atoms with van der Waals surface area (Å²) in [6.45, 7) is 1.75. The number of likely N-dealkylation sites (tertiary alicyclic amines) is 1. The van der Waals surface area contributed by atoms with E-state index in [4.69, 9.17) is 0 Å². The second-order valence-corrected chi connectivity index (χ2v) is 7.09. The van der Waals surface area contributed by atoms with Crippen LogP contribution < -0.4 is 0 Å². The summed E-state index contributed by atoms with van der Waals surface area (Å²) in [5.41, 5.74) is 0.107. The van der Waals surface area contributed by atoms with Crippen LogP contribution in [0.3, 0.4) is 0 Å². The summed E-state index contributed by atoms with van der Waals surface area (Å²) in [6, 6.07) is 5.00. The maximum atomic E-state index is 12.7. The van der Waals surface area contributed by atoms with Gasteiger partial charge in [-0.05, 0) is 24.1 Å². The van der Waals surface area contributed by atoms with Gasteiger partial charge in [-0.2, -0.15) is 13.2 Å². The molecule has 5 nitrogen and oxygen atoms in total. The Morgan fingerprint density at radius 1 is 1.12 bits per heavy atom. The first-order valence-corrected chi connectivity index (χ1v) is 8.56. The normalized spacial score (nSPS) is 25.3. The molecule has 0 N–H and O–H groups in total. The van der Waals surface area contributed by atoms with Crippen molar-refractivity contribution in [2.75, 3.05) is 33.7 Å². The van der Waals surface area contributed by atoms with E-state index >= 15 is 0 Å². The van der Waals surface area contributed by atoms with Gasteiger partial charge in [-0.25, -0.2) is 0 Å². The molecule has 2 aliphatic rings. The molecule has 3 rings (SSSR count). The molecule has 0 aliphatic carbocycles. The number of benzene rings is 1. The zero-order valence-corrected chi connectivity index (χ0v) is 14.8. The fraction of sp³-hybridized carbons (Fsp3) is 0.556. The molecule has 2 atom stereocenters. The highest BCUT2D eigenvalue weighted by molar-refractivity contribution is 5.89. The second kappa shape index (κ2) is 6.90. The SMILES string of the molecule is CN1CC(=O)N(C)[C@@H]2CCN(Cc3ccc(C(F)(F)F)cc3)C[C@@H]2C1=O. The summed E-state index contributed by atoms with van der Waals surface area (Å²) in [7, 11) is 3.36. The van der Waals surface area contributed by atoms with Crippen molar-refractivity contribution in [1.82, 2.24) is 14.7 Å². The largest absolute Gasteiger partial charge is 0.416 e. The smallest absolute Gasteiger partial charge is 0.340 e. The van der Waals surface area contributed by atoms with E-state index in [1.54, 1.807) is 19.0 Å². The molecule has 2 saturated heterocycles. The number of carbonyl (C=O) groups is 2. The van der Waals surface area contributed by atoms with Gasteiger partial charge in [0.1, 0.15) is 0 Å². The van der Waals surface area contributed by atoms with Crippen molar-refractivity contribution >= 4 is 11.8 Å². The number of piperidine rings is 1. The Balaban J connectivity index is 1.70. The van der Waals surface area contributed by atoms with Crippen LogP contribution in [0.4, 0.5) is 13.2 Å². The average molecular weight is 369 g/mol. The molecule has 142 valence electrons. The molecule has 0 spiro atoms. The average Bonchev–Trinajstić information content (AvgIpc) is 2.66. The van der Waals surface area contributed by atoms with Crippen molar-refractivity contribution in [1.29, 1.82) is 0 Å². The number of likely N-dealkylation sites (N-methyl/N-ethyl adjacent to an activating group) is 2. The van der Waals surface area contributed by atoms with Gasteiger partial charge in [-0.1, -0.05) is 12.1 Å². The maximum absolute atomic E-state index is 12.7. The molecule has 1 aromatic rings. The molecule has 2 aliphatic heterocycles. The van der Waals surface area contributed by atoms with Gasteiger partial charge < -0.3 is 9.80 Å². The Morgan fingerprint density at radius 2 is 1.77 bits per heavy atom. The van der Waals surface area contributed by atoms with Crippen LogP contribution >= 0.6 is 0 Å². The Hall–Kier alpha value is -2.09. The lowest BCUT2D eigenvalue weighted by atomic mass is 9.90. The van der Waals surface area contributed by atoms with Crippen molar-refractivity contribution < 1.29 is 22.8 Å². The molecular formula is C18H22F3N3O2. The number of rotatable bonds is 2. The molecule has 0 unspecified atom stereocenters. The molecule has 0 aromatic heterocycles. The Labute approximate surface area is 150 Å². The van der Waals surface area contributed by atoms with Crippen molar-refractivity contribution in [3.8, 4) is 0 Å². The minimum Gasteiger partial charge on any atom is -0.340 e. The predicted molar refractivity (Wildman–Crippen MR) is 89.0 cm³/mol. The Bertz CT molecular complexity index is 690. The third-order valence-corrected chi connectivity index (χ3v) is 5.30. The van der Waals surface area contributed by atoms with E-state index in [0.29, 0.717) is 26.1 Å². The number of amides is 2. The number of hydrogen-bond donors (Lipinski definition) is 0. The predicted octanol–water partition coefficient (Wildman–Crippen LogP) is 1.83. The van der Waals surface area contributed by atoms with Crippen molar-refractivity contribution in [3.05, 3.63) is 35.4 Å². The Morgan fingerprint density at radius 3 is 2.38 bits per heavy atom. The molecule has 8 heteroatoms. The van der Waals surface area contributed by atoms with Gasteiger partial charge >= 0.3 is 6.18 Å². The van der Waals surface area contributed by atoms with E-state index < -0.39 is 11.7 Å². The molecule has 26 heavy (non-hydrogen) atoms. The van der Waals surface area contributed by atoms with Crippen molar-refractivity contribution in [2.45, 2.75) is 25.2 Å². The number of carbonyl (C=O) groups excluding carboxylic acids is 2. The number of alkyl halides is 3. The zero-order valence-electron chi connectivity index (χ0n) is 14.8. The minimum absolute atomic E-state index is 0.0511. The minimum atomic E-state index is -4.34. The summed E-state index contributed by atoms with van der Waals surface area (Å²) < 4.78 is 38.0. The molecule has 2 fully saturated rings. The highest BCUT2D eigenvalue weighted by Crippen LogP contribution is 2.30. The lowest BCUT2D eigenvalue weighted by Gasteiger charge is -2.40. The molecule has 0 saturated carbocycles. The summed E-state index contributed by atoms with van der Waals surface area (Å²) in [5, 5.41) is 0. The molecule has 0 radical (unpaired) electrons. The number of nitrogens with zero attached hydrogens (tertiary/aromatic N) is 3. The summed E-state index contributed by atoms with van der Waals surface area (Å²) in [5.74, 6) is -0.422. The highest BCUT2D eigenvalue weighted by Gasteiger charge is 2.42. The summed E-state index contributed by atoms with van der Waals surface area (Å²) >= 11 is 0. The number of fused-ring (bicyclic) bond motifs is 1. The van der Waals surface area contributed by atoms with Crippen LogP contribution in [0.15, 0.2) is 24.3 Å². The van der Waals surface area contributed by atoms with Gasteiger partial charge in [-0.15, -0.1) is 0 Å². The van der Waals surface area contributed by atoms with E-state index in [9.17, 15) is 22.8 Å². The van der Waals surface area contributed by atoms with Crippen LogP contribution in [0.25, 0.3) is 0 Å². The van der Waals surface area contributed by atoms with Gasteiger partial charge in [0, 0.05) is 39.8 Å². The first kappa shape index (κ1) is 18.7. The van der Waals surface area contributed by atoms with E-state index in [-0.39, 0.29) is 30.3 Å². The molecule has 1 aromatic carbocycles. The van der Waals surface area contributed by atoms with Crippen LogP contribution in [-0.4, -0.2) is 66.3 Å². The molecule has 2 amide bonds. The van der Waals surface area contributed by atoms with Crippen LogP contribution in [-0.2, 0) is 22.3 Å². The Kier molecular flexibility index (Phi) is 4.96.